The van der Waals surface area contributed by atoms with E-state index in [1.54, 1.807) is 30.3 Å². The van der Waals surface area contributed by atoms with Gasteiger partial charge in [-0.25, -0.2) is 4.79 Å². The Labute approximate surface area is 122 Å². The van der Waals surface area contributed by atoms with E-state index in [9.17, 15) is 15.0 Å². The number of methoxy groups -OCH3 is 1. The SMILES string of the molecule is COc1cccc(/C=C(\C(=O)O)c2ccc(C)cc2)c1O. The van der Waals surface area contributed by atoms with Crippen LogP contribution < -0.4 is 4.74 Å². The number of hydrogen-bond acceptors (Lipinski definition) is 3. The highest BCUT2D eigenvalue weighted by atomic mass is 16.5. The predicted octanol–water partition coefficient (Wildman–Crippen LogP) is 3.33. The Morgan fingerprint density at radius 1 is 1.14 bits per heavy atom. The summed E-state index contributed by atoms with van der Waals surface area (Å²) in [5.74, 6) is -0.829. The molecule has 4 nitrogen and oxygen atoms in total. The summed E-state index contributed by atoms with van der Waals surface area (Å²) in [6, 6.07) is 12.1. The third-order valence-electron chi connectivity index (χ3n) is 3.14. The van der Waals surface area contributed by atoms with Crippen LogP contribution in [-0.4, -0.2) is 23.3 Å². The number of carbonyl (C=O) groups is 1. The number of phenolic OH excluding ortho intramolecular Hbond substituents is 1. The smallest absolute Gasteiger partial charge is 0.336 e. The van der Waals surface area contributed by atoms with Crippen LogP contribution in [0.4, 0.5) is 0 Å². The van der Waals surface area contributed by atoms with E-state index in [1.165, 1.54) is 13.2 Å². The van der Waals surface area contributed by atoms with Crippen molar-refractivity contribution in [1.29, 1.82) is 0 Å². The number of carboxylic acid groups (broad SMARTS) is 1. The lowest BCUT2D eigenvalue weighted by Crippen LogP contribution is -1.99. The molecule has 0 atom stereocenters. The lowest BCUT2D eigenvalue weighted by molar-refractivity contribution is -0.130. The summed E-state index contributed by atoms with van der Waals surface area (Å²) in [5.41, 5.74) is 2.13. The van der Waals surface area contributed by atoms with Crippen LogP contribution in [0.15, 0.2) is 42.5 Å². The van der Waals surface area contributed by atoms with Crippen LogP contribution >= 0.6 is 0 Å². The number of carboxylic acids is 1. The molecule has 0 spiro atoms. The number of phenols is 1. The first-order valence-electron chi connectivity index (χ1n) is 6.41. The Kier molecular flexibility index (Phi) is 4.28. The zero-order valence-electron chi connectivity index (χ0n) is 11.8. The highest BCUT2D eigenvalue weighted by Crippen LogP contribution is 2.32. The van der Waals surface area contributed by atoms with Crippen molar-refractivity contribution in [2.24, 2.45) is 0 Å². The van der Waals surface area contributed by atoms with Crippen molar-refractivity contribution in [3.8, 4) is 11.5 Å². The lowest BCUT2D eigenvalue weighted by atomic mass is 10.0. The Hall–Kier alpha value is -2.75. The molecule has 0 aromatic heterocycles. The van der Waals surface area contributed by atoms with Gasteiger partial charge in [-0.1, -0.05) is 42.0 Å². The number of ether oxygens (including phenoxy) is 1. The van der Waals surface area contributed by atoms with E-state index in [0.29, 0.717) is 16.9 Å². The first-order chi connectivity index (χ1) is 10.0. The fraction of sp³-hybridized carbons (Fsp3) is 0.118. The van der Waals surface area contributed by atoms with Gasteiger partial charge in [0.05, 0.1) is 12.7 Å². The van der Waals surface area contributed by atoms with Crippen LogP contribution in [0, 0.1) is 6.92 Å². The van der Waals surface area contributed by atoms with Gasteiger partial charge in [-0.3, -0.25) is 0 Å². The Morgan fingerprint density at radius 2 is 1.81 bits per heavy atom. The molecule has 0 heterocycles. The number of benzene rings is 2. The second-order valence-corrected chi connectivity index (χ2v) is 4.63. The minimum absolute atomic E-state index is 0.0779. The summed E-state index contributed by atoms with van der Waals surface area (Å²) < 4.78 is 5.02. The highest BCUT2D eigenvalue weighted by molar-refractivity contribution is 6.20. The summed E-state index contributed by atoms with van der Waals surface area (Å²) in [7, 11) is 1.45. The molecule has 4 heteroatoms. The summed E-state index contributed by atoms with van der Waals surface area (Å²) in [6.07, 6.45) is 1.44. The number of para-hydroxylation sites is 1. The summed E-state index contributed by atoms with van der Waals surface area (Å²) >= 11 is 0. The van der Waals surface area contributed by atoms with Crippen LogP contribution in [0.3, 0.4) is 0 Å². The van der Waals surface area contributed by atoms with E-state index in [4.69, 9.17) is 4.74 Å². The number of aliphatic carboxylic acids is 1. The monoisotopic (exact) mass is 284 g/mol. The molecule has 0 saturated carbocycles. The van der Waals surface area contributed by atoms with E-state index in [-0.39, 0.29) is 11.3 Å². The van der Waals surface area contributed by atoms with Crippen molar-refractivity contribution in [1.82, 2.24) is 0 Å². The molecule has 0 unspecified atom stereocenters. The summed E-state index contributed by atoms with van der Waals surface area (Å²) in [5, 5.41) is 19.4. The largest absolute Gasteiger partial charge is 0.504 e. The normalized spacial score (nSPS) is 11.2. The average molecular weight is 284 g/mol. The van der Waals surface area contributed by atoms with Crippen LogP contribution in [0.25, 0.3) is 11.6 Å². The zero-order valence-corrected chi connectivity index (χ0v) is 11.8. The first kappa shape index (κ1) is 14.7. The maximum Gasteiger partial charge on any atom is 0.336 e. The predicted molar refractivity (Wildman–Crippen MR) is 81.3 cm³/mol. The maximum absolute atomic E-state index is 11.5. The average Bonchev–Trinajstić information content (AvgIpc) is 2.47. The van der Waals surface area contributed by atoms with Crippen LogP contribution in [-0.2, 0) is 4.79 Å². The third-order valence-corrected chi connectivity index (χ3v) is 3.14. The number of aryl methyl sites for hydroxylation is 1. The van der Waals surface area contributed by atoms with Crippen LogP contribution in [0.5, 0.6) is 11.5 Å². The standard InChI is InChI=1S/C17H16O4/c1-11-6-8-12(9-7-11)14(17(19)20)10-13-4-3-5-15(21-2)16(13)18/h3-10,18H,1-2H3,(H,19,20)/b14-10-. The molecule has 2 aromatic rings. The second-order valence-electron chi connectivity index (χ2n) is 4.63. The Balaban J connectivity index is 2.53. The molecule has 0 bridgehead atoms. The topological polar surface area (TPSA) is 66.8 Å². The van der Waals surface area contributed by atoms with E-state index < -0.39 is 5.97 Å². The quantitative estimate of drug-likeness (QED) is 0.667. The number of hydrogen-bond donors (Lipinski definition) is 2. The first-order valence-corrected chi connectivity index (χ1v) is 6.41. The molecule has 21 heavy (non-hydrogen) atoms. The summed E-state index contributed by atoms with van der Waals surface area (Å²) in [6.45, 7) is 1.93. The van der Waals surface area contributed by atoms with Gasteiger partial charge in [0.25, 0.3) is 0 Å². The van der Waals surface area contributed by atoms with Crippen molar-refractivity contribution in [3.63, 3.8) is 0 Å². The zero-order chi connectivity index (χ0) is 15.4. The molecule has 0 aliphatic heterocycles. The molecule has 0 amide bonds. The minimum Gasteiger partial charge on any atom is -0.504 e. The summed E-state index contributed by atoms with van der Waals surface area (Å²) in [4.78, 5) is 11.5. The van der Waals surface area contributed by atoms with Gasteiger partial charge in [0.1, 0.15) is 0 Å². The molecule has 0 saturated heterocycles. The fourth-order valence-electron chi connectivity index (χ4n) is 1.98. The van der Waals surface area contributed by atoms with Gasteiger partial charge in [-0.15, -0.1) is 0 Å². The molecular weight excluding hydrogens is 268 g/mol. The molecule has 2 rings (SSSR count). The number of aromatic hydroxyl groups is 1. The van der Waals surface area contributed by atoms with Crippen molar-refractivity contribution in [2.45, 2.75) is 6.92 Å². The van der Waals surface area contributed by atoms with Gasteiger partial charge in [0.2, 0.25) is 0 Å². The van der Waals surface area contributed by atoms with Gasteiger partial charge in [0, 0.05) is 5.56 Å². The van der Waals surface area contributed by atoms with Crippen molar-refractivity contribution < 1.29 is 19.7 Å². The van der Waals surface area contributed by atoms with Gasteiger partial charge in [0.15, 0.2) is 11.5 Å². The molecule has 0 fully saturated rings. The molecule has 0 aliphatic rings. The van der Waals surface area contributed by atoms with Gasteiger partial charge >= 0.3 is 5.97 Å². The van der Waals surface area contributed by atoms with Crippen LogP contribution in [0.1, 0.15) is 16.7 Å². The number of rotatable bonds is 4. The van der Waals surface area contributed by atoms with E-state index >= 15 is 0 Å². The molecule has 108 valence electrons. The van der Waals surface area contributed by atoms with Crippen molar-refractivity contribution in [2.75, 3.05) is 7.11 Å². The van der Waals surface area contributed by atoms with E-state index in [1.807, 2.05) is 19.1 Å². The van der Waals surface area contributed by atoms with E-state index in [0.717, 1.165) is 5.56 Å². The molecule has 2 aromatic carbocycles. The Morgan fingerprint density at radius 3 is 2.38 bits per heavy atom. The fourth-order valence-corrected chi connectivity index (χ4v) is 1.98. The van der Waals surface area contributed by atoms with Gasteiger partial charge in [-0.2, -0.15) is 0 Å². The lowest BCUT2D eigenvalue weighted by Gasteiger charge is -2.08. The molecule has 2 N–H and O–H groups in total. The second kappa shape index (κ2) is 6.13. The Bertz CT molecular complexity index is 684. The van der Waals surface area contributed by atoms with Crippen LogP contribution in [0.2, 0.25) is 0 Å². The highest BCUT2D eigenvalue weighted by Gasteiger charge is 2.13. The van der Waals surface area contributed by atoms with Crippen molar-refractivity contribution in [3.05, 3.63) is 59.2 Å². The van der Waals surface area contributed by atoms with Gasteiger partial charge < -0.3 is 14.9 Å². The molecule has 0 aliphatic carbocycles. The molecule has 0 radical (unpaired) electrons. The van der Waals surface area contributed by atoms with Gasteiger partial charge in [-0.05, 0) is 24.6 Å². The third kappa shape index (κ3) is 3.23. The van der Waals surface area contributed by atoms with E-state index in [2.05, 4.69) is 0 Å². The van der Waals surface area contributed by atoms with Crippen molar-refractivity contribution >= 4 is 17.6 Å². The maximum atomic E-state index is 11.5. The molecular formula is C17H16O4. The minimum atomic E-state index is -1.05.